The van der Waals surface area contributed by atoms with Crippen LogP contribution in [-0.2, 0) is 5.41 Å². The Kier molecular flexibility index (Phi) is 1.79. The van der Waals surface area contributed by atoms with Crippen molar-refractivity contribution >= 4 is 0 Å². The summed E-state index contributed by atoms with van der Waals surface area (Å²) in [7, 11) is 0. The van der Waals surface area contributed by atoms with E-state index in [1.165, 1.54) is 18.4 Å². The van der Waals surface area contributed by atoms with Crippen LogP contribution in [0.1, 0.15) is 43.9 Å². The van der Waals surface area contributed by atoms with Crippen molar-refractivity contribution in [2.45, 2.75) is 38.1 Å². The van der Waals surface area contributed by atoms with E-state index in [0.29, 0.717) is 17.3 Å². The van der Waals surface area contributed by atoms with E-state index in [-0.39, 0.29) is 6.04 Å². The van der Waals surface area contributed by atoms with E-state index >= 15 is 0 Å². The second-order valence-electron chi connectivity index (χ2n) is 5.54. The van der Waals surface area contributed by atoms with Crippen molar-refractivity contribution in [2.24, 2.45) is 17.6 Å². The number of benzene rings is 1. The zero-order valence-electron chi connectivity index (χ0n) is 9.53. The maximum Gasteiger partial charge on any atom is 0.0337 e. The minimum absolute atomic E-state index is 0.267. The summed E-state index contributed by atoms with van der Waals surface area (Å²) < 4.78 is 0. The molecule has 0 radical (unpaired) electrons. The van der Waals surface area contributed by atoms with Gasteiger partial charge in [-0.15, -0.1) is 0 Å². The first-order valence-corrected chi connectivity index (χ1v) is 6.02. The van der Waals surface area contributed by atoms with E-state index in [2.05, 4.69) is 38.1 Å². The number of hydrogen-bond acceptors (Lipinski definition) is 1. The first kappa shape index (κ1) is 9.41. The molecule has 0 heterocycles. The molecule has 15 heavy (non-hydrogen) atoms. The highest BCUT2D eigenvalue weighted by atomic mass is 14.8. The second kappa shape index (κ2) is 2.85. The third-order valence-corrected chi connectivity index (χ3v) is 4.39. The average molecular weight is 201 g/mol. The Hall–Kier alpha value is -0.820. The van der Waals surface area contributed by atoms with Gasteiger partial charge in [-0.1, -0.05) is 38.1 Å². The van der Waals surface area contributed by atoms with Gasteiger partial charge >= 0.3 is 0 Å². The molecule has 1 saturated carbocycles. The van der Waals surface area contributed by atoms with Crippen LogP contribution in [0.5, 0.6) is 0 Å². The lowest BCUT2D eigenvalue weighted by Crippen LogP contribution is -2.28. The first-order valence-electron chi connectivity index (χ1n) is 6.02. The van der Waals surface area contributed by atoms with Gasteiger partial charge in [0, 0.05) is 11.5 Å². The maximum absolute atomic E-state index is 6.41. The molecular weight excluding hydrogens is 182 g/mol. The molecule has 2 aliphatic carbocycles. The summed E-state index contributed by atoms with van der Waals surface area (Å²) in [4.78, 5) is 0. The fourth-order valence-corrected chi connectivity index (χ4v) is 3.75. The second-order valence-corrected chi connectivity index (χ2v) is 5.54. The van der Waals surface area contributed by atoms with E-state index < -0.39 is 0 Å². The molecule has 1 aromatic rings. The highest BCUT2D eigenvalue weighted by molar-refractivity contribution is 5.47. The van der Waals surface area contributed by atoms with Crippen LogP contribution in [0.25, 0.3) is 0 Å². The van der Waals surface area contributed by atoms with Crippen molar-refractivity contribution in [2.75, 3.05) is 0 Å². The fourth-order valence-electron chi connectivity index (χ4n) is 3.75. The predicted octanol–water partition coefficient (Wildman–Crippen LogP) is 3.00. The van der Waals surface area contributed by atoms with Crippen molar-refractivity contribution < 1.29 is 0 Å². The summed E-state index contributed by atoms with van der Waals surface area (Å²) in [5, 5.41) is 0. The van der Waals surface area contributed by atoms with Crippen molar-refractivity contribution in [3.63, 3.8) is 0 Å². The molecule has 1 unspecified atom stereocenters. The molecule has 1 spiro atoms. The minimum Gasteiger partial charge on any atom is -0.324 e. The number of rotatable bonds is 1. The highest BCUT2D eigenvalue weighted by Crippen LogP contribution is 2.64. The molecule has 2 aliphatic rings. The van der Waals surface area contributed by atoms with Gasteiger partial charge in [-0.3, -0.25) is 0 Å². The molecule has 2 N–H and O–H groups in total. The van der Waals surface area contributed by atoms with Crippen LogP contribution < -0.4 is 5.73 Å². The summed E-state index contributed by atoms with van der Waals surface area (Å²) in [6.45, 7) is 4.63. The monoisotopic (exact) mass is 201 g/mol. The van der Waals surface area contributed by atoms with Crippen molar-refractivity contribution in [1.82, 2.24) is 0 Å². The van der Waals surface area contributed by atoms with Crippen LogP contribution in [0.2, 0.25) is 0 Å². The summed E-state index contributed by atoms with van der Waals surface area (Å²) >= 11 is 0. The Morgan fingerprint density at radius 2 is 1.93 bits per heavy atom. The topological polar surface area (TPSA) is 26.0 Å². The third kappa shape index (κ3) is 1.07. The van der Waals surface area contributed by atoms with Gasteiger partial charge in [0.1, 0.15) is 0 Å². The van der Waals surface area contributed by atoms with Gasteiger partial charge in [-0.25, -0.2) is 0 Å². The molecule has 0 bridgehead atoms. The standard InChI is InChI=1S/C14H19N/c1-9(2)12-13(15)10-5-3-4-6-11(10)14(12)7-8-14/h3-6,9,12-13H,7-8,15H2,1-2H3/t12?,13-/m1/s1. The molecule has 3 rings (SSSR count). The molecule has 0 aliphatic heterocycles. The van der Waals surface area contributed by atoms with E-state index in [1.807, 2.05) is 0 Å². The quantitative estimate of drug-likeness (QED) is 0.742. The van der Waals surface area contributed by atoms with Crippen LogP contribution in [-0.4, -0.2) is 0 Å². The van der Waals surface area contributed by atoms with E-state index in [1.54, 1.807) is 5.56 Å². The van der Waals surface area contributed by atoms with Crippen molar-refractivity contribution in [3.8, 4) is 0 Å². The molecular formula is C14H19N. The Morgan fingerprint density at radius 1 is 1.27 bits per heavy atom. The minimum atomic E-state index is 0.267. The summed E-state index contributed by atoms with van der Waals surface area (Å²) in [6.07, 6.45) is 2.70. The number of hydrogen-bond donors (Lipinski definition) is 1. The van der Waals surface area contributed by atoms with Gasteiger partial charge in [0.15, 0.2) is 0 Å². The normalized spacial score (nSPS) is 30.9. The summed E-state index contributed by atoms with van der Waals surface area (Å²) in [5.74, 6) is 1.35. The summed E-state index contributed by atoms with van der Waals surface area (Å²) in [5.41, 5.74) is 9.83. The SMILES string of the molecule is CC(C)C1[C@H](N)c2ccccc2C12CC2. The van der Waals surface area contributed by atoms with E-state index in [0.717, 1.165) is 0 Å². The van der Waals surface area contributed by atoms with Gasteiger partial charge < -0.3 is 5.73 Å². The van der Waals surface area contributed by atoms with E-state index in [4.69, 9.17) is 5.73 Å². The van der Waals surface area contributed by atoms with Crippen molar-refractivity contribution in [3.05, 3.63) is 35.4 Å². The molecule has 1 heteroatoms. The Labute approximate surface area is 91.7 Å². The van der Waals surface area contributed by atoms with Crippen LogP contribution in [0.4, 0.5) is 0 Å². The lowest BCUT2D eigenvalue weighted by Gasteiger charge is -2.26. The van der Waals surface area contributed by atoms with E-state index in [9.17, 15) is 0 Å². The largest absolute Gasteiger partial charge is 0.324 e. The zero-order valence-corrected chi connectivity index (χ0v) is 9.53. The van der Waals surface area contributed by atoms with Crippen LogP contribution in [0.15, 0.2) is 24.3 Å². The average Bonchev–Trinajstić information content (AvgIpc) is 2.93. The van der Waals surface area contributed by atoms with Crippen LogP contribution in [0, 0.1) is 11.8 Å². The molecule has 80 valence electrons. The van der Waals surface area contributed by atoms with Gasteiger partial charge in [0.2, 0.25) is 0 Å². The van der Waals surface area contributed by atoms with Gasteiger partial charge in [-0.2, -0.15) is 0 Å². The first-order chi connectivity index (χ1) is 7.17. The smallest absolute Gasteiger partial charge is 0.0337 e. The summed E-state index contributed by atoms with van der Waals surface area (Å²) in [6, 6.07) is 9.07. The van der Waals surface area contributed by atoms with Crippen LogP contribution in [0.3, 0.4) is 0 Å². The highest BCUT2D eigenvalue weighted by Gasteiger charge is 2.58. The molecule has 0 amide bonds. The van der Waals surface area contributed by atoms with Gasteiger partial charge in [-0.05, 0) is 35.8 Å². The third-order valence-electron chi connectivity index (χ3n) is 4.39. The molecule has 0 aromatic heterocycles. The lowest BCUT2D eigenvalue weighted by molar-refractivity contribution is 0.280. The maximum atomic E-state index is 6.41. The van der Waals surface area contributed by atoms with Crippen LogP contribution >= 0.6 is 0 Å². The fraction of sp³-hybridized carbons (Fsp3) is 0.571. The molecule has 0 saturated heterocycles. The number of fused-ring (bicyclic) bond motifs is 2. The van der Waals surface area contributed by atoms with Crippen molar-refractivity contribution in [1.29, 1.82) is 0 Å². The predicted molar refractivity (Wildman–Crippen MR) is 62.6 cm³/mol. The Bertz CT molecular complexity index is 390. The molecule has 1 aromatic carbocycles. The zero-order chi connectivity index (χ0) is 10.6. The van der Waals surface area contributed by atoms with Gasteiger partial charge in [0.25, 0.3) is 0 Å². The molecule has 2 atom stereocenters. The number of nitrogens with two attached hydrogens (primary N) is 1. The Morgan fingerprint density at radius 3 is 2.53 bits per heavy atom. The van der Waals surface area contributed by atoms with Gasteiger partial charge in [0.05, 0.1) is 0 Å². The lowest BCUT2D eigenvalue weighted by atomic mass is 9.79. The molecule has 1 fully saturated rings. The Balaban J connectivity index is 2.14. The molecule has 1 nitrogen and oxygen atoms in total.